The molecule has 0 aliphatic rings. The molecule has 0 saturated carbocycles. The topological polar surface area (TPSA) is 41.9 Å². The maximum Gasteiger partial charge on any atom is 0.324 e. The van der Waals surface area contributed by atoms with Crippen molar-refractivity contribution in [1.29, 1.82) is 0 Å². The Hall–Kier alpha value is 0.490. The number of hydrogen-bond donors (Lipinski definition) is 1. The first-order valence-electron chi connectivity index (χ1n) is 5.67. The minimum atomic E-state index is -3.00. The Kier molecular flexibility index (Phi) is 7.98. The monoisotopic (exact) mass is 269 g/mol. The molecular weight excluding hydrogens is 245 g/mol. The molecule has 0 spiro atoms. The van der Waals surface area contributed by atoms with Gasteiger partial charge < -0.3 is 13.9 Å². The molecule has 0 radical (unpaired) electrons. The van der Waals surface area contributed by atoms with Crippen molar-refractivity contribution in [3.8, 4) is 0 Å². The van der Waals surface area contributed by atoms with Crippen LogP contribution in [0.2, 0.25) is 0 Å². The lowest BCUT2D eigenvalue weighted by atomic mass is 10.2. The second kappa shape index (κ2) is 7.75. The molecule has 0 aliphatic heterocycles. The summed E-state index contributed by atoms with van der Waals surface area (Å²) in [6.07, 6.45) is 0. The van der Waals surface area contributed by atoms with Crippen molar-refractivity contribution in [3.63, 3.8) is 0 Å². The van der Waals surface area contributed by atoms with E-state index in [-0.39, 0.29) is 0 Å². The van der Waals surface area contributed by atoms with Crippen LogP contribution in [0.1, 0.15) is 34.6 Å². The van der Waals surface area contributed by atoms with Gasteiger partial charge in [-0.05, 0) is 46.4 Å². The molecule has 0 bridgehead atoms. The van der Waals surface area contributed by atoms with Crippen molar-refractivity contribution < 1.29 is 13.9 Å². The molecule has 0 aromatic heterocycles. The summed E-state index contributed by atoms with van der Waals surface area (Å²) in [4.78, 5) is 11.8. The summed E-state index contributed by atoms with van der Waals surface area (Å²) in [6.45, 7) is 8.87. The van der Waals surface area contributed by atoms with Crippen molar-refractivity contribution in [2.45, 2.75) is 46.7 Å². The third-order valence-corrected chi connectivity index (χ3v) is 3.95. The van der Waals surface area contributed by atoms with E-state index in [4.69, 9.17) is 20.9 Å². The molecule has 0 fully saturated rings. The summed E-state index contributed by atoms with van der Waals surface area (Å²) in [5.74, 6) is 0. The van der Waals surface area contributed by atoms with Crippen LogP contribution < -0.4 is 0 Å². The van der Waals surface area contributed by atoms with Gasteiger partial charge in [0.2, 0.25) is 0 Å². The van der Waals surface area contributed by atoms with E-state index in [2.05, 4.69) is 32.6 Å². The number of rotatable bonds is 8. The molecule has 98 valence electrons. The van der Waals surface area contributed by atoms with Crippen LogP contribution in [0.4, 0.5) is 0 Å². The van der Waals surface area contributed by atoms with Gasteiger partial charge in [0.1, 0.15) is 0 Å². The van der Waals surface area contributed by atoms with E-state index in [0.717, 1.165) is 6.54 Å². The molecule has 1 N–H and O–H groups in total. The van der Waals surface area contributed by atoms with Crippen LogP contribution in [0.15, 0.2) is 0 Å². The lowest BCUT2D eigenvalue weighted by Crippen LogP contribution is -2.39. The standard InChI is InChI=1S/C10H24NO3PS/c1-6-13-15(12,16)14-8-7-11(9(2)3)10(4)5/h9-10H,6-8H2,1-5H3,(H,12,16). The average molecular weight is 269 g/mol. The van der Waals surface area contributed by atoms with Crippen molar-refractivity contribution >= 4 is 18.5 Å². The van der Waals surface area contributed by atoms with Gasteiger partial charge in [-0.1, -0.05) is 0 Å². The highest BCUT2D eigenvalue weighted by Crippen LogP contribution is 2.43. The highest BCUT2D eigenvalue weighted by atomic mass is 32.5. The van der Waals surface area contributed by atoms with Gasteiger partial charge in [0.25, 0.3) is 0 Å². The van der Waals surface area contributed by atoms with Gasteiger partial charge in [0.05, 0.1) is 13.2 Å². The fourth-order valence-electron chi connectivity index (χ4n) is 1.57. The molecular formula is C10H24NO3PS. The lowest BCUT2D eigenvalue weighted by molar-refractivity contribution is 0.127. The Balaban J connectivity index is 4.00. The van der Waals surface area contributed by atoms with Gasteiger partial charge in [-0.3, -0.25) is 4.90 Å². The van der Waals surface area contributed by atoms with E-state index in [1.54, 1.807) is 6.92 Å². The molecule has 0 heterocycles. The molecule has 0 amide bonds. The third kappa shape index (κ3) is 6.94. The van der Waals surface area contributed by atoms with Gasteiger partial charge >= 0.3 is 6.72 Å². The molecule has 4 nitrogen and oxygen atoms in total. The average Bonchev–Trinajstić information content (AvgIpc) is 2.10. The van der Waals surface area contributed by atoms with E-state index >= 15 is 0 Å². The molecule has 0 saturated heterocycles. The molecule has 1 atom stereocenters. The van der Waals surface area contributed by atoms with Crippen molar-refractivity contribution in [2.75, 3.05) is 19.8 Å². The molecule has 16 heavy (non-hydrogen) atoms. The van der Waals surface area contributed by atoms with E-state index in [1.807, 2.05) is 0 Å². The smallest absolute Gasteiger partial charge is 0.324 e. The first-order chi connectivity index (χ1) is 7.30. The van der Waals surface area contributed by atoms with E-state index in [9.17, 15) is 4.89 Å². The zero-order valence-electron chi connectivity index (χ0n) is 10.8. The Labute approximate surface area is 104 Å². The first-order valence-corrected chi connectivity index (χ1v) is 8.27. The van der Waals surface area contributed by atoms with E-state index in [0.29, 0.717) is 25.3 Å². The summed E-state index contributed by atoms with van der Waals surface area (Å²) in [5, 5.41) is 0. The SMILES string of the molecule is CCOP(O)(=S)OCCN(C(C)C)C(C)C. The quantitative estimate of drug-likeness (QED) is 0.685. The molecule has 0 aromatic rings. The Morgan fingerprint density at radius 1 is 1.19 bits per heavy atom. The normalized spacial score (nSPS) is 16.1. The molecule has 0 aliphatic carbocycles. The molecule has 6 heteroatoms. The van der Waals surface area contributed by atoms with Crippen molar-refractivity contribution in [1.82, 2.24) is 4.90 Å². The second-order valence-corrected chi connectivity index (χ2v) is 6.98. The largest absolute Gasteiger partial charge is 0.324 e. The Morgan fingerprint density at radius 3 is 2.06 bits per heavy atom. The van der Waals surface area contributed by atoms with Gasteiger partial charge in [-0.2, -0.15) is 0 Å². The van der Waals surface area contributed by atoms with Gasteiger partial charge in [0.15, 0.2) is 0 Å². The van der Waals surface area contributed by atoms with Crippen molar-refractivity contribution in [3.05, 3.63) is 0 Å². The summed E-state index contributed by atoms with van der Waals surface area (Å²) in [7, 11) is 0. The van der Waals surface area contributed by atoms with Crippen LogP contribution >= 0.6 is 6.72 Å². The predicted octanol–water partition coefficient (Wildman–Crippen LogP) is 2.38. The maximum absolute atomic E-state index is 9.57. The van der Waals surface area contributed by atoms with Crippen LogP contribution in [0.5, 0.6) is 0 Å². The molecule has 0 aromatic carbocycles. The van der Waals surface area contributed by atoms with Gasteiger partial charge in [-0.15, -0.1) is 0 Å². The van der Waals surface area contributed by atoms with Gasteiger partial charge in [-0.25, -0.2) is 0 Å². The van der Waals surface area contributed by atoms with E-state index < -0.39 is 6.72 Å². The highest BCUT2D eigenvalue weighted by Gasteiger charge is 2.17. The predicted molar refractivity (Wildman–Crippen MR) is 71.1 cm³/mol. The number of nitrogens with zero attached hydrogens (tertiary/aromatic N) is 1. The third-order valence-electron chi connectivity index (χ3n) is 2.22. The summed E-state index contributed by atoms with van der Waals surface area (Å²) in [6, 6.07) is 0.902. The summed E-state index contributed by atoms with van der Waals surface area (Å²) in [5.41, 5.74) is 0. The van der Waals surface area contributed by atoms with Crippen molar-refractivity contribution in [2.24, 2.45) is 0 Å². The second-order valence-electron chi connectivity index (χ2n) is 4.14. The van der Waals surface area contributed by atoms with Crippen LogP contribution in [0.25, 0.3) is 0 Å². The molecule has 0 rings (SSSR count). The highest BCUT2D eigenvalue weighted by molar-refractivity contribution is 8.07. The van der Waals surface area contributed by atoms with E-state index in [1.165, 1.54) is 0 Å². The zero-order valence-corrected chi connectivity index (χ0v) is 12.6. The van der Waals surface area contributed by atoms with Crippen LogP contribution in [-0.4, -0.2) is 41.6 Å². The summed E-state index contributed by atoms with van der Waals surface area (Å²) >= 11 is 4.83. The molecule has 1 unspecified atom stereocenters. The minimum Gasteiger partial charge on any atom is -0.324 e. The Bertz CT molecular complexity index is 228. The maximum atomic E-state index is 9.57. The first kappa shape index (κ1) is 16.5. The van der Waals surface area contributed by atoms with Crippen LogP contribution in [0.3, 0.4) is 0 Å². The fourth-order valence-corrected chi connectivity index (χ4v) is 2.83. The van der Waals surface area contributed by atoms with Crippen LogP contribution in [0, 0.1) is 0 Å². The Morgan fingerprint density at radius 2 is 1.69 bits per heavy atom. The van der Waals surface area contributed by atoms with Crippen LogP contribution in [-0.2, 0) is 20.9 Å². The lowest BCUT2D eigenvalue weighted by Gasteiger charge is -2.30. The minimum absolute atomic E-state index is 0.381. The van der Waals surface area contributed by atoms with Gasteiger partial charge in [0, 0.05) is 18.6 Å². The zero-order chi connectivity index (χ0) is 12.8. The number of hydrogen-bond acceptors (Lipinski definition) is 4. The summed E-state index contributed by atoms with van der Waals surface area (Å²) < 4.78 is 10.2. The fraction of sp³-hybridized carbons (Fsp3) is 1.00.